The number of carbonyl (C=O) groups excluding carboxylic acids is 1. The van der Waals surface area contributed by atoms with E-state index in [2.05, 4.69) is 5.32 Å². The first-order valence-electron chi connectivity index (χ1n) is 6.07. The number of halogens is 1. The summed E-state index contributed by atoms with van der Waals surface area (Å²) in [6.07, 6.45) is -0.691. The van der Waals surface area contributed by atoms with Gasteiger partial charge in [0.25, 0.3) is 0 Å². The molecule has 2 rings (SSSR count). The normalized spacial score (nSPS) is 9.95. The van der Waals surface area contributed by atoms with Crippen LogP contribution in [0.3, 0.4) is 0 Å². The quantitative estimate of drug-likeness (QED) is 0.771. The Morgan fingerprint density at radius 3 is 2.52 bits per heavy atom. The lowest BCUT2D eigenvalue weighted by Crippen LogP contribution is -2.16. The summed E-state index contributed by atoms with van der Waals surface area (Å²) in [6, 6.07) is 13.9. The second-order valence-electron chi connectivity index (χ2n) is 4.18. The van der Waals surface area contributed by atoms with E-state index < -0.39 is 12.1 Å². The van der Waals surface area contributed by atoms with Crippen molar-refractivity contribution in [3.8, 4) is 0 Å². The van der Waals surface area contributed by atoms with Crippen LogP contribution in [0.1, 0.15) is 15.9 Å². The zero-order valence-electron chi connectivity index (χ0n) is 10.9. The van der Waals surface area contributed by atoms with Crippen LogP contribution in [-0.4, -0.2) is 17.2 Å². The molecule has 2 N–H and O–H groups in total. The SMILES string of the molecule is O=C(Nc1cc(I)ccc1C(=O)O)OCc1ccccc1. The molecule has 0 saturated carbocycles. The molecule has 2 aromatic rings. The second-order valence-corrected chi connectivity index (χ2v) is 5.43. The van der Waals surface area contributed by atoms with Crippen molar-refractivity contribution in [3.63, 3.8) is 0 Å². The summed E-state index contributed by atoms with van der Waals surface area (Å²) in [6.45, 7) is 0.124. The van der Waals surface area contributed by atoms with Gasteiger partial charge in [-0.15, -0.1) is 0 Å². The van der Waals surface area contributed by atoms with Gasteiger partial charge in [0, 0.05) is 3.57 Å². The van der Waals surface area contributed by atoms with Crippen LogP contribution in [0.2, 0.25) is 0 Å². The first kappa shape index (κ1) is 15.3. The van der Waals surface area contributed by atoms with Crippen LogP contribution in [0, 0.1) is 3.57 Å². The van der Waals surface area contributed by atoms with E-state index in [4.69, 9.17) is 9.84 Å². The maximum Gasteiger partial charge on any atom is 0.411 e. The highest BCUT2D eigenvalue weighted by molar-refractivity contribution is 14.1. The van der Waals surface area contributed by atoms with Crippen molar-refractivity contribution in [2.24, 2.45) is 0 Å². The van der Waals surface area contributed by atoms with Crippen molar-refractivity contribution in [3.05, 3.63) is 63.2 Å². The van der Waals surface area contributed by atoms with Crippen molar-refractivity contribution in [2.75, 3.05) is 5.32 Å². The van der Waals surface area contributed by atoms with Crippen molar-refractivity contribution >= 4 is 40.3 Å². The largest absolute Gasteiger partial charge is 0.478 e. The molecule has 0 saturated heterocycles. The number of anilines is 1. The zero-order valence-corrected chi connectivity index (χ0v) is 13.0. The molecule has 0 unspecified atom stereocenters. The molecule has 0 radical (unpaired) electrons. The number of nitrogens with one attached hydrogen (secondary N) is 1. The third-order valence-corrected chi connectivity index (χ3v) is 3.33. The van der Waals surface area contributed by atoms with Gasteiger partial charge in [-0.25, -0.2) is 9.59 Å². The third kappa shape index (κ3) is 4.45. The van der Waals surface area contributed by atoms with Crippen LogP contribution in [0.4, 0.5) is 10.5 Å². The number of carbonyl (C=O) groups is 2. The monoisotopic (exact) mass is 397 g/mol. The Morgan fingerprint density at radius 2 is 1.86 bits per heavy atom. The van der Waals surface area contributed by atoms with Crippen LogP contribution in [0.15, 0.2) is 48.5 Å². The first-order chi connectivity index (χ1) is 10.1. The number of carboxylic acids is 1. The number of carboxylic acid groups (broad SMARTS) is 1. The highest BCUT2D eigenvalue weighted by Crippen LogP contribution is 2.19. The minimum absolute atomic E-state index is 0.0204. The molecule has 1 amide bonds. The maximum atomic E-state index is 11.7. The Hall–Kier alpha value is -2.09. The number of rotatable bonds is 4. The Labute approximate surface area is 135 Å². The average molecular weight is 397 g/mol. The molecule has 5 nitrogen and oxygen atoms in total. The molecule has 0 fully saturated rings. The van der Waals surface area contributed by atoms with Gasteiger partial charge >= 0.3 is 12.1 Å². The molecule has 0 aliphatic heterocycles. The molecule has 0 heterocycles. The van der Waals surface area contributed by atoms with Crippen LogP contribution < -0.4 is 5.32 Å². The summed E-state index contributed by atoms with van der Waals surface area (Å²) in [5.74, 6) is -1.11. The van der Waals surface area contributed by atoms with E-state index >= 15 is 0 Å². The Morgan fingerprint density at radius 1 is 1.14 bits per heavy atom. The number of hydrogen-bond donors (Lipinski definition) is 2. The average Bonchev–Trinajstić information content (AvgIpc) is 2.46. The number of ether oxygens (including phenoxy) is 1. The molecule has 0 atom stereocenters. The standard InChI is InChI=1S/C15H12INO4/c16-11-6-7-12(14(18)19)13(8-11)17-15(20)21-9-10-4-2-1-3-5-10/h1-8H,9H2,(H,17,20)(H,18,19). The molecule has 21 heavy (non-hydrogen) atoms. The Balaban J connectivity index is 2.02. The van der Waals surface area contributed by atoms with Gasteiger partial charge in [0.1, 0.15) is 6.61 Å². The Kier molecular flexibility index (Phi) is 5.15. The fraction of sp³-hybridized carbons (Fsp3) is 0.0667. The van der Waals surface area contributed by atoms with Gasteiger partial charge in [0.05, 0.1) is 11.3 Å². The number of aromatic carboxylic acids is 1. The minimum atomic E-state index is -1.11. The van der Waals surface area contributed by atoms with Gasteiger partial charge in [-0.1, -0.05) is 30.3 Å². The Bertz CT molecular complexity index is 658. The fourth-order valence-corrected chi connectivity index (χ4v) is 2.17. The highest BCUT2D eigenvalue weighted by Gasteiger charge is 2.13. The molecular formula is C15H12INO4. The van der Waals surface area contributed by atoms with Gasteiger partial charge in [-0.05, 0) is 46.4 Å². The topological polar surface area (TPSA) is 75.6 Å². The number of hydrogen-bond acceptors (Lipinski definition) is 3. The lowest BCUT2D eigenvalue weighted by molar-refractivity contribution is 0.0698. The van der Waals surface area contributed by atoms with E-state index in [0.717, 1.165) is 9.13 Å². The van der Waals surface area contributed by atoms with Gasteiger partial charge in [0.2, 0.25) is 0 Å². The molecule has 0 spiro atoms. The van der Waals surface area contributed by atoms with Crippen LogP contribution in [0.25, 0.3) is 0 Å². The third-order valence-electron chi connectivity index (χ3n) is 2.66. The van der Waals surface area contributed by atoms with Crippen molar-refractivity contribution in [1.29, 1.82) is 0 Å². The minimum Gasteiger partial charge on any atom is -0.478 e. The second kappa shape index (κ2) is 7.07. The molecule has 108 valence electrons. The van der Waals surface area contributed by atoms with Crippen LogP contribution >= 0.6 is 22.6 Å². The van der Waals surface area contributed by atoms with E-state index in [1.54, 1.807) is 12.1 Å². The van der Waals surface area contributed by atoms with Gasteiger partial charge in [0.15, 0.2) is 0 Å². The van der Waals surface area contributed by atoms with Crippen molar-refractivity contribution < 1.29 is 19.4 Å². The van der Waals surface area contributed by atoms with E-state index in [-0.39, 0.29) is 17.9 Å². The molecule has 0 aromatic heterocycles. The van der Waals surface area contributed by atoms with Crippen molar-refractivity contribution in [1.82, 2.24) is 0 Å². The first-order valence-corrected chi connectivity index (χ1v) is 7.14. The summed E-state index contributed by atoms with van der Waals surface area (Å²) >= 11 is 2.04. The van der Waals surface area contributed by atoms with E-state index in [9.17, 15) is 9.59 Å². The van der Waals surface area contributed by atoms with Crippen molar-refractivity contribution in [2.45, 2.75) is 6.61 Å². The molecule has 0 bridgehead atoms. The molecule has 6 heteroatoms. The lowest BCUT2D eigenvalue weighted by atomic mass is 10.2. The summed E-state index contributed by atoms with van der Waals surface area (Å²) in [7, 11) is 0. The molecule has 0 aliphatic rings. The number of amides is 1. The van der Waals surface area contributed by atoms with E-state index in [0.29, 0.717) is 0 Å². The zero-order chi connectivity index (χ0) is 15.2. The lowest BCUT2D eigenvalue weighted by Gasteiger charge is -2.10. The van der Waals surface area contributed by atoms with Crippen LogP contribution in [0.5, 0.6) is 0 Å². The van der Waals surface area contributed by atoms with Gasteiger partial charge in [-0.3, -0.25) is 5.32 Å². The maximum absolute atomic E-state index is 11.7. The van der Waals surface area contributed by atoms with E-state index in [1.165, 1.54) is 6.07 Å². The summed E-state index contributed by atoms with van der Waals surface area (Å²) in [5, 5.41) is 11.5. The molecular weight excluding hydrogens is 385 g/mol. The summed E-state index contributed by atoms with van der Waals surface area (Å²) in [4.78, 5) is 22.8. The van der Waals surface area contributed by atoms with Crippen LogP contribution in [-0.2, 0) is 11.3 Å². The van der Waals surface area contributed by atoms with E-state index in [1.807, 2.05) is 52.9 Å². The molecule has 0 aliphatic carbocycles. The smallest absolute Gasteiger partial charge is 0.411 e. The summed E-state index contributed by atoms with van der Waals surface area (Å²) < 4.78 is 5.88. The summed E-state index contributed by atoms with van der Waals surface area (Å²) in [5.41, 5.74) is 1.09. The van der Waals surface area contributed by atoms with Gasteiger partial charge in [-0.2, -0.15) is 0 Å². The van der Waals surface area contributed by atoms with Gasteiger partial charge < -0.3 is 9.84 Å². The molecule has 2 aromatic carbocycles. The predicted molar refractivity (Wildman–Crippen MR) is 86.4 cm³/mol. The number of benzene rings is 2. The predicted octanol–water partition coefficient (Wildman–Crippen LogP) is 3.74. The highest BCUT2D eigenvalue weighted by atomic mass is 127. The fourth-order valence-electron chi connectivity index (χ4n) is 1.68.